The molecule has 3 rings (SSSR count). The predicted molar refractivity (Wildman–Crippen MR) is 92.5 cm³/mol. The molecular formula is C16H19ClF3N3S. The first-order valence-corrected chi connectivity index (χ1v) is 8.37. The van der Waals surface area contributed by atoms with E-state index in [0.29, 0.717) is 6.04 Å². The van der Waals surface area contributed by atoms with Crippen LogP contribution in [0.1, 0.15) is 18.2 Å². The molecule has 0 bridgehead atoms. The van der Waals surface area contributed by atoms with E-state index in [1.54, 1.807) is 0 Å². The maximum absolute atomic E-state index is 12.6. The topological polar surface area (TPSA) is 28.2 Å². The van der Waals surface area contributed by atoms with Crippen LogP contribution in [0.5, 0.6) is 0 Å². The van der Waals surface area contributed by atoms with Crippen molar-refractivity contribution in [1.29, 1.82) is 0 Å². The largest absolute Gasteiger partial charge is 0.416 e. The maximum atomic E-state index is 12.6. The Morgan fingerprint density at radius 3 is 2.62 bits per heavy atom. The zero-order valence-electron chi connectivity index (χ0n) is 13.1. The van der Waals surface area contributed by atoms with Gasteiger partial charge in [0.2, 0.25) is 0 Å². The summed E-state index contributed by atoms with van der Waals surface area (Å²) < 4.78 is 37.8. The number of alkyl halides is 3. The summed E-state index contributed by atoms with van der Waals surface area (Å²) in [4.78, 5) is 6.91. The Balaban J connectivity index is 0.00000208. The van der Waals surface area contributed by atoms with Crippen LogP contribution in [0.25, 0.3) is 10.6 Å². The van der Waals surface area contributed by atoms with E-state index in [4.69, 9.17) is 0 Å². The molecule has 1 aromatic heterocycles. The SMILES string of the molecule is CC1CN(Cc2csc(-c3ccc(C(F)(F)F)cc3)n2)CCN1.Cl. The molecule has 2 heterocycles. The lowest BCUT2D eigenvalue weighted by molar-refractivity contribution is -0.137. The first-order valence-electron chi connectivity index (χ1n) is 7.49. The summed E-state index contributed by atoms with van der Waals surface area (Å²) in [5.41, 5.74) is 1.06. The summed E-state index contributed by atoms with van der Waals surface area (Å²) in [5.74, 6) is 0. The third kappa shape index (κ3) is 4.69. The second-order valence-electron chi connectivity index (χ2n) is 5.81. The molecule has 24 heavy (non-hydrogen) atoms. The van der Waals surface area contributed by atoms with Crippen LogP contribution in [0, 0.1) is 0 Å². The van der Waals surface area contributed by atoms with Crippen molar-refractivity contribution in [1.82, 2.24) is 15.2 Å². The van der Waals surface area contributed by atoms with Crippen LogP contribution in [0.4, 0.5) is 13.2 Å². The minimum absolute atomic E-state index is 0. The molecule has 132 valence electrons. The third-order valence-corrected chi connectivity index (χ3v) is 4.79. The predicted octanol–water partition coefficient (Wildman–Crippen LogP) is 4.04. The number of aromatic nitrogens is 1. The Kier molecular flexibility index (Phi) is 6.25. The fourth-order valence-electron chi connectivity index (χ4n) is 2.70. The average molecular weight is 378 g/mol. The monoisotopic (exact) mass is 377 g/mol. The summed E-state index contributed by atoms with van der Waals surface area (Å²) in [5, 5.41) is 6.14. The number of hydrogen-bond acceptors (Lipinski definition) is 4. The number of benzene rings is 1. The van der Waals surface area contributed by atoms with Gasteiger partial charge in [-0.3, -0.25) is 4.90 Å². The van der Waals surface area contributed by atoms with Crippen molar-refractivity contribution in [2.45, 2.75) is 25.7 Å². The number of rotatable bonds is 3. The van der Waals surface area contributed by atoms with Crippen molar-refractivity contribution < 1.29 is 13.2 Å². The van der Waals surface area contributed by atoms with Crippen molar-refractivity contribution in [3.63, 3.8) is 0 Å². The van der Waals surface area contributed by atoms with Crippen LogP contribution in [-0.2, 0) is 12.7 Å². The number of halogens is 4. The minimum atomic E-state index is -4.30. The highest BCUT2D eigenvalue weighted by Gasteiger charge is 2.30. The van der Waals surface area contributed by atoms with Gasteiger partial charge in [0.1, 0.15) is 5.01 Å². The molecule has 0 spiro atoms. The lowest BCUT2D eigenvalue weighted by Crippen LogP contribution is -2.48. The van der Waals surface area contributed by atoms with Gasteiger partial charge in [0.25, 0.3) is 0 Å². The molecule has 3 nitrogen and oxygen atoms in total. The van der Waals surface area contributed by atoms with Gasteiger partial charge < -0.3 is 5.32 Å². The average Bonchev–Trinajstić information content (AvgIpc) is 2.95. The van der Waals surface area contributed by atoms with Gasteiger partial charge in [0.15, 0.2) is 0 Å². The van der Waals surface area contributed by atoms with Crippen molar-refractivity contribution >= 4 is 23.7 Å². The van der Waals surface area contributed by atoms with Crippen molar-refractivity contribution in [3.05, 3.63) is 40.9 Å². The van der Waals surface area contributed by atoms with Gasteiger partial charge in [-0.1, -0.05) is 12.1 Å². The fraction of sp³-hybridized carbons (Fsp3) is 0.438. The fourth-order valence-corrected chi connectivity index (χ4v) is 3.52. The van der Waals surface area contributed by atoms with Gasteiger partial charge in [-0.2, -0.15) is 13.2 Å². The van der Waals surface area contributed by atoms with Crippen LogP contribution in [0.2, 0.25) is 0 Å². The molecule has 0 saturated carbocycles. The highest BCUT2D eigenvalue weighted by molar-refractivity contribution is 7.13. The number of hydrogen-bond donors (Lipinski definition) is 1. The lowest BCUT2D eigenvalue weighted by atomic mass is 10.1. The molecule has 1 atom stereocenters. The third-order valence-electron chi connectivity index (χ3n) is 3.85. The zero-order chi connectivity index (χ0) is 16.4. The second kappa shape index (κ2) is 7.82. The molecule has 1 aliphatic rings. The Labute approximate surface area is 149 Å². The number of thiazole rings is 1. The summed E-state index contributed by atoms with van der Waals surface area (Å²) in [7, 11) is 0. The molecule has 1 saturated heterocycles. The highest BCUT2D eigenvalue weighted by atomic mass is 35.5. The van der Waals surface area contributed by atoms with E-state index in [1.165, 1.54) is 23.5 Å². The summed E-state index contributed by atoms with van der Waals surface area (Å²) in [6, 6.07) is 5.65. The van der Waals surface area contributed by atoms with Crippen LogP contribution >= 0.6 is 23.7 Å². The maximum Gasteiger partial charge on any atom is 0.416 e. The molecule has 1 unspecified atom stereocenters. The van der Waals surface area contributed by atoms with Crippen LogP contribution < -0.4 is 5.32 Å². The van der Waals surface area contributed by atoms with Crippen molar-refractivity contribution in [2.24, 2.45) is 0 Å². The molecule has 2 aromatic rings. The minimum Gasteiger partial charge on any atom is -0.312 e. The van der Waals surface area contributed by atoms with E-state index in [9.17, 15) is 13.2 Å². The standard InChI is InChI=1S/C16H18F3N3S.ClH/c1-11-8-22(7-6-20-11)9-14-10-23-15(21-14)12-2-4-13(5-3-12)16(17,18)19;/h2-5,10-11,20H,6-9H2,1H3;1H. The van der Waals surface area contributed by atoms with Gasteiger partial charge in [-0.25, -0.2) is 4.98 Å². The zero-order valence-corrected chi connectivity index (χ0v) is 14.8. The Morgan fingerprint density at radius 2 is 2.00 bits per heavy atom. The first kappa shape index (κ1) is 19.2. The van der Waals surface area contributed by atoms with Gasteiger partial charge in [0, 0.05) is 43.2 Å². The Bertz CT molecular complexity index is 657. The smallest absolute Gasteiger partial charge is 0.312 e. The highest BCUT2D eigenvalue weighted by Crippen LogP contribution is 2.31. The Hall–Kier alpha value is -1.15. The van der Waals surface area contributed by atoms with E-state index < -0.39 is 11.7 Å². The van der Waals surface area contributed by atoms with E-state index in [1.807, 2.05) is 5.38 Å². The lowest BCUT2D eigenvalue weighted by Gasteiger charge is -2.31. The summed E-state index contributed by atoms with van der Waals surface area (Å²) >= 11 is 1.47. The van der Waals surface area contributed by atoms with Gasteiger partial charge in [-0.05, 0) is 19.1 Å². The van der Waals surface area contributed by atoms with Crippen molar-refractivity contribution in [3.8, 4) is 10.6 Å². The number of nitrogens with zero attached hydrogens (tertiary/aromatic N) is 2. The van der Waals surface area contributed by atoms with E-state index in [-0.39, 0.29) is 12.4 Å². The van der Waals surface area contributed by atoms with Crippen LogP contribution in [0.15, 0.2) is 29.6 Å². The van der Waals surface area contributed by atoms with Gasteiger partial charge >= 0.3 is 6.18 Å². The van der Waals surface area contributed by atoms with E-state index in [0.717, 1.165) is 54.6 Å². The summed E-state index contributed by atoms with van der Waals surface area (Å²) in [6.45, 7) is 5.87. The van der Waals surface area contributed by atoms with Gasteiger partial charge in [-0.15, -0.1) is 23.7 Å². The summed E-state index contributed by atoms with van der Waals surface area (Å²) in [6.07, 6.45) is -4.30. The van der Waals surface area contributed by atoms with E-state index in [2.05, 4.69) is 22.1 Å². The molecular weight excluding hydrogens is 359 g/mol. The molecule has 1 aliphatic heterocycles. The van der Waals surface area contributed by atoms with Crippen molar-refractivity contribution in [2.75, 3.05) is 19.6 Å². The van der Waals surface area contributed by atoms with Gasteiger partial charge in [0.05, 0.1) is 11.3 Å². The molecule has 0 amide bonds. The van der Waals surface area contributed by atoms with Crippen LogP contribution in [0.3, 0.4) is 0 Å². The second-order valence-corrected chi connectivity index (χ2v) is 6.67. The van der Waals surface area contributed by atoms with Crippen LogP contribution in [-0.4, -0.2) is 35.6 Å². The Morgan fingerprint density at radius 1 is 1.29 bits per heavy atom. The number of nitrogens with one attached hydrogen (secondary N) is 1. The van der Waals surface area contributed by atoms with E-state index >= 15 is 0 Å². The molecule has 0 aliphatic carbocycles. The molecule has 1 aromatic carbocycles. The quantitative estimate of drug-likeness (QED) is 0.874. The number of piperazine rings is 1. The first-order chi connectivity index (χ1) is 10.9. The molecule has 1 fully saturated rings. The molecule has 1 N–H and O–H groups in total. The normalized spacial score (nSPS) is 19.1. The molecule has 0 radical (unpaired) electrons. The molecule has 8 heteroatoms.